The Kier molecular flexibility index (Phi) is 5.34. The van der Waals surface area contributed by atoms with Crippen molar-refractivity contribution in [2.24, 2.45) is 0 Å². The number of hydrogen-bond acceptors (Lipinski definition) is 5. The Labute approximate surface area is 153 Å². The predicted octanol–water partition coefficient (Wildman–Crippen LogP) is 3.75. The van der Waals surface area contributed by atoms with Gasteiger partial charge in [-0.15, -0.1) is 0 Å². The zero-order valence-corrected chi connectivity index (χ0v) is 14.6. The van der Waals surface area contributed by atoms with Crippen molar-refractivity contribution in [3.05, 3.63) is 75.8 Å². The van der Waals surface area contributed by atoms with Crippen LogP contribution in [-0.2, 0) is 6.61 Å². The van der Waals surface area contributed by atoms with E-state index in [1.54, 1.807) is 30.5 Å². The van der Waals surface area contributed by atoms with Crippen LogP contribution in [0.5, 0.6) is 5.75 Å². The highest BCUT2D eigenvalue weighted by Crippen LogP contribution is 2.22. The van der Waals surface area contributed by atoms with Crippen LogP contribution in [0.1, 0.15) is 11.1 Å². The summed E-state index contributed by atoms with van der Waals surface area (Å²) in [6.07, 6.45) is 1.79. The van der Waals surface area contributed by atoms with E-state index >= 15 is 0 Å². The molecule has 1 aromatic heterocycles. The third-order valence-corrected chi connectivity index (χ3v) is 4.21. The Hall–Kier alpha value is -3.11. The van der Waals surface area contributed by atoms with E-state index in [1.807, 2.05) is 18.2 Å². The van der Waals surface area contributed by atoms with Gasteiger partial charge in [-0.3, -0.25) is 4.79 Å². The van der Waals surface area contributed by atoms with Gasteiger partial charge >= 0.3 is 0 Å². The van der Waals surface area contributed by atoms with Crippen LogP contribution in [0.25, 0.3) is 11.3 Å². The number of hydrogen-bond donors (Lipinski definition) is 1. The van der Waals surface area contributed by atoms with Gasteiger partial charge in [-0.2, -0.15) is 5.26 Å². The molecule has 0 radical (unpaired) electrons. The van der Waals surface area contributed by atoms with Gasteiger partial charge in [0.05, 0.1) is 5.69 Å². The Morgan fingerprint density at radius 3 is 2.69 bits per heavy atom. The van der Waals surface area contributed by atoms with E-state index in [9.17, 15) is 14.4 Å². The molecule has 0 unspecified atom stereocenters. The highest BCUT2D eigenvalue weighted by atomic mass is 32.2. The summed E-state index contributed by atoms with van der Waals surface area (Å²) in [6, 6.07) is 15.0. The van der Waals surface area contributed by atoms with Crippen LogP contribution < -0.4 is 10.3 Å². The summed E-state index contributed by atoms with van der Waals surface area (Å²) in [7, 11) is 0. The summed E-state index contributed by atoms with van der Waals surface area (Å²) < 4.78 is 18.7. The Morgan fingerprint density at radius 1 is 1.27 bits per heavy atom. The fourth-order valence-electron chi connectivity index (χ4n) is 2.34. The van der Waals surface area contributed by atoms with Crippen LogP contribution in [0.15, 0.2) is 58.5 Å². The minimum Gasteiger partial charge on any atom is -0.489 e. The second-order valence-electron chi connectivity index (χ2n) is 5.35. The van der Waals surface area contributed by atoms with Gasteiger partial charge in [-0.25, -0.2) is 9.37 Å². The molecule has 0 aliphatic carbocycles. The first-order valence-electron chi connectivity index (χ1n) is 7.67. The SMILES string of the molecule is CSc1nc(-c2ccc(COc3cccc(F)c3)cc2)c(C#N)c(=O)[nH]1. The van der Waals surface area contributed by atoms with Crippen molar-refractivity contribution in [2.45, 2.75) is 11.8 Å². The lowest BCUT2D eigenvalue weighted by Crippen LogP contribution is -2.14. The van der Waals surface area contributed by atoms with Crippen molar-refractivity contribution in [3.8, 4) is 23.1 Å². The van der Waals surface area contributed by atoms with Crippen molar-refractivity contribution in [2.75, 3.05) is 6.26 Å². The van der Waals surface area contributed by atoms with Crippen LogP contribution in [0, 0.1) is 17.1 Å². The molecule has 0 amide bonds. The number of rotatable bonds is 5. The molecule has 2 aromatic carbocycles. The molecule has 1 heterocycles. The molecule has 0 bridgehead atoms. The number of nitriles is 1. The number of halogens is 1. The summed E-state index contributed by atoms with van der Waals surface area (Å²) in [6.45, 7) is 0.272. The van der Waals surface area contributed by atoms with Gasteiger partial charge < -0.3 is 9.72 Å². The number of H-pyrrole nitrogens is 1. The maximum atomic E-state index is 13.2. The van der Waals surface area contributed by atoms with E-state index in [-0.39, 0.29) is 18.0 Å². The van der Waals surface area contributed by atoms with E-state index < -0.39 is 5.56 Å². The molecular formula is C19H14FN3O2S. The van der Waals surface area contributed by atoms with Crippen molar-refractivity contribution in [1.82, 2.24) is 9.97 Å². The molecule has 0 fully saturated rings. The third-order valence-electron chi connectivity index (χ3n) is 3.63. The number of ether oxygens (including phenoxy) is 1. The minimum absolute atomic E-state index is 0.0217. The van der Waals surface area contributed by atoms with Gasteiger partial charge in [0.1, 0.15) is 29.8 Å². The molecule has 0 saturated heterocycles. The van der Waals surface area contributed by atoms with E-state index in [4.69, 9.17) is 4.74 Å². The number of aromatic nitrogens is 2. The molecule has 0 aliphatic rings. The zero-order valence-electron chi connectivity index (χ0n) is 13.8. The molecule has 0 spiro atoms. The van der Waals surface area contributed by atoms with Crippen LogP contribution in [0.2, 0.25) is 0 Å². The maximum Gasteiger partial charge on any atom is 0.270 e. The standard InChI is InChI=1S/C19H14FN3O2S/c1-26-19-22-17(16(10-21)18(24)23-19)13-7-5-12(6-8-13)11-25-15-4-2-3-14(20)9-15/h2-9H,11H2,1H3,(H,22,23,24). The first kappa shape index (κ1) is 17.7. The van der Waals surface area contributed by atoms with Gasteiger partial charge in [-0.1, -0.05) is 42.1 Å². The lowest BCUT2D eigenvalue weighted by atomic mass is 10.1. The fourth-order valence-corrected chi connectivity index (χ4v) is 2.72. The molecule has 1 N–H and O–H groups in total. The lowest BCUT2D eigenvalue weighted by Gasteiger charge is -2.08. The molecule has 0 saturated carbocycles. The largest absolute Gasteiger partial charge is 0.489 e. The number of aromatic amines is 1. The number of nitrogens with zero attached hydrogens (tertiary/aromatic N) is 2. The van der Waals surface area contributed by atoms with Crippen LogP contribution in [0.4, 0.5) is 4.39 Å². The maximum absolute atomic E-state index is 13.2. The Bertz CT molecular complexity index is 1030. The van der Waals surface area contributed by atoms with Crippen LogP contribution >= 0.6 is 11.8 Å². The summed E-state index contributed by atoms with van der Waals surface area (Å²) >= 11 is 1.29. The van der Waals surface area contributed by atoms with Crippen molar-refractivity contribution in [1.29, 1.82) is 5.26 Å². The molecule has 3 rings (SSSR count). The third kappa shape index (κ3) is 3.92. The molecule has 26 heavy (non-hydrogen) atoms. The van der Waals surface area contributed by atoms with Gasteiger partial charge in [0, 0.05) is 11.6 Å². The number of benzene rings is 2. The normalized spacial score (nSPS) is 10.3. The smallest absolute Gasteiger partial charge is 0.270 e. The first-order valence-corrected chi connectivity index (χ1v) is 8.89. The zero-order chi connectivity index (χ0) is 18.5. The molecule has 7 heteroatoms. The van der Waals surface area contributed by atoms with Gasteiger partial charge in [-0.05, 0) is 24.0 Å². The molecular weight excluding hydrogens is 353 g/mol. The van der Waals surface area contributed by atoms with Crippen molar-refractivity contribution in [3.63, 3.8) is 0 Å². The molecule has 130 valence electrons. The average Bonchev–Trinajstić information content (AvgIpc) is 2.66. The van der Waals surface area contributed by atoms with Gasteiger partial charge in [0.2, 0.25) is 0 Å². The summed E-state index contributed by atoms with van der Waals surface area (Å²) in [5.41, 5.74) is 1.40. The van der Waals surface area contributed by atoms with E-state index in [0.29, 0.717) is 22.2 Å². The monoisotopic (exact) mass is 367 g/mol. The number of thioether (sulfide) groups is 1. The van der Waals surface area contributed by atoms with Crippen molar-refractivity contribution < 1.29 is 9.13 Å². The van der Waals surface area contributed by atoms with E-state index in [0.717, 1.165) is 5.56 Å². The highest BCUT2D eigenvalue weighted by Gasteiger charge is 2.13. The molecule has 5 nitrogen and oxygen atoms in total. The minimum atomic E-state index is -0.458. The molecule has 3 aromatic rings. The van der Waals surface area contributed by atoms with Crippen LogP contribution in [-0.4, -0.2) is 16.2 Å². The predicted molar refractivity (Wildman–Crippen MR) is 97.5 cm³/mol. The Morgan fingerprint density at radius 2 is 2.04 bits per heavy atom. The quantitative estimate of drug-likeness (QED) is 0.549. The molecule has 0 atom stereocenters. The van der Waals surface area contributed by atoms with Crippen molar-refractivity contribution >= 4 is 11.8 Å². The van der Waals surface area contributed by atoms with Gasteiger partial charge in [0.25, 0.3) is 5.56 Å². The molecule has 0 aliphatic heterocycles. The summed E-state index contributed by atoms with van der Waals surface area (Å²) in [4.78, 5) is 18.9. The average molecular weight is 367 g/mol. The summed E-state index contributed by atoms with van der Waals surface area (Å²) in [5, 5.41) is 9.69. The Balaban J connectivity index is 1.83. The fraction of sp³-hybridized carbons (Fsp3) is 0.105. The van der Waals surface area contributed by atoms with Gasteiger partial charge in [0.15, 0.2) is 5.16 Å². The van der Waals surface area contributed by atoms with E-state index in [1.165, 1.54) is 23.9 Å². The van der Waals surface area contributed by atoms with E-state index in [2.05, 4.69) is 9.97 Å². The second-order valence-corrected chi connectivity index (χ2v) is 6.15. The second kappa shape index (κ2) is 7.85. The first-order chi connectivity index (χ1) is 12.6. The highest BCUT2D eigenvalue weighted by molar-refractivity contribution is 7.98. The topological polar surface area (TPSA) is 78.8 Å². The number of nitrogens with one attached hydrogen (secondary N) is 1. The lowest BCUT2D eigenvalue weighted by molar-refractivity contribution is 0.304. The summed E-state index contributed by atoms with van der Waals surface area (Å²) in [5.74, 6) is 0.0913. The van der Waals surface area contributed by atoms with Crippen LogP contribution in [0.3, 0.4) is 0 Å².